The van der Waals surface area contributed by atoms with Gasteiger partial charge in [0.05, 0.1) is 13.2 Å². The maximum Gasteiger partial charge on any atom is 0.0620 e. The van der Waals surface area contributed by atoms with E-state index in [1.807, 2.05) is 18.5 Å². The van der Waals surface area contributed by atoms with Gasteiger partial charge in [0, 0.05) is 37.1 Å². The summed E-state index contributed by atoms with van der Waals surface area (Å²) in [6.07, 6.45) is 7.59. The molecular formula is C16H25N3O. The second-order valence-electron chi connectivity index (χ2n) is 5.99. The number of hydrogen-bond acceptors (Lipinski definition) is 4. The summed E-state index contributed by atoms with van der Waals surface area (Å²) >= 11 is 0. The van der Waals surface area contributed by atoms with Gasteiger partial charge in [0.2, 0.25) is 0 Å². The van der Waals surface area contributed by atoms with Gasteiger partial charge in [0.15, 0.2) is 0 Å². The predicted molar refractivity (Wildman–Crippen MR) is 79.6 cm³/mol. The summed E-state index contributed by atoms with van der Waals surface area (Å²) in [6, 6.07) is 5.90. The smallest absolute Gasteiger partial charge is 0.0620 e. The lowest BCUT2D eigenvalue weighted by Gasteiger charge is -2.34. The van der Waals surface area contributed by atoms with Crippen LogP contribution in [0.2, 0.25) is 0 Å². The molecule has 3 atom stereocenters. The second-order valence-corrected chi connectivity index (χ2v) is 5.99. The molecular weight excluding hydrogens is 250 g/mol. The Hall–Kier alpha value is -0.970. The van der Waals surface area contributed by atoms with Crippen molar-refractivity contribution in [1.82, 2.24) is 15.2 Å². The number of nitrogens with zero attached hydrogens (tertiary/aromatic N) is 2. The van der Waals surface area contributed by atoms with E-state index in [4.69, 9.17) is 4.74 Å². The van der Waals surface area contributed by atoms with E-state index in [1.54, 1.807) is 0 Å². The Labute approximate surface area is 121 Å². The monoisotopic (exact) mass is 275 g/mol. The number of hydrogen-bond donors (Lipinski definition) is 1. The Morgan fingerprint density at radius 2 is 2.50 bits per heavy atom. The molecule has 0 spiro atoms. The minimum absolute atomic E-state index is 0.508. The third-order valence-electron chi connectivity index (χ3n) is 4.55. The predicted octanol–water partition coefficient (Wildman–Crippen LogP) is 1.99. The summed E-state index contributed by atoms with van der Waals surface area (Å²) in [5.41, 5.74) is 1.37. The molecule has 110 valence electrons. The molecule has 1 aromatic heterocycles. The van der Waals surface area contributed by atoms with Crippen LogP contribution < -0.4 is 5.32 Å². The zero-order valence-corrected chi connectivity index (χ0v) is 12.3. The Kier molecular flexibility index (Phi) is 4.65. The molecule has 4 nitrogen and oxygen atoms in total. The van der Waals surface area contributed by atoms with Crippen molar-refractivity contribution in [3.8, 4) is 0 Å². The highest BCUT2D eigenvalue weighted by molar-refractivity contribution is 5.15. The van der Waals surface area contributed by atoms with E-state index in [0.29, 0.717) is 18.1 Å². The van der Waals surface area contributed by atoms with Gasteiger partial charge in [-0.25, -0.2) is 0 Å². The summed E-state index contributed by atoms with van der Waals surface area (Å²) in [4.78, 5) is 6.93. The largest absolute Gasteiger partial charge is 0.379 e. The van der Waals surface area contributed by atoms with Gasteiger partial charge in [-0.05, 0) is 44.4 Å². The molecule has 0 saturated carbocycles. The zero-order chi connectivity index (χ0) is 13.8. The van der Waals surface area contributed by atoms with Crippen molar-refractivity contribution in [3.05, 3.63) is 30.1 Å². The first-order valence-electron chi connectivity index (χ1n) is 7.81. The molecule has 0 radical (unpaired) electrons. The van der Waals surface area contributed by atoms with Crippen molar-refractivity contribution in [2.75, 3.05) is 26.3 Å². The molecule has 3 heterocycles. The van der Waals surface area contributed by atoms with Crippen LogP contribution in [0.5, 0.6) is 0 Å². The molecule has 1 aromatic rings. The van der Waals surface area contributed by atoms with E-state index < -0.39 is 0 Å². The van der Waals surface area contributed by atoms with E-state index in [9.17, 15) is 0 Å². The lowest BCUT2D eigenvalue weighted by atomic mass is 10.0. The van der Waals surface area contributed by atoms with E-state index in [0.717, 1.165) is 26.2 Å². The number of likely N-dealkylation sites (tertiary alicyclic amines) is 1. The van der Waals surface area contributed by atoms with Crippen molar-refractivity contribution < 1.29 is 4.74 Å². The van der Waals surface area contributed by atoms with Crippen LogP contribution in [0.1, 0.15) is 37.8 Å². The third-order valence-corrected chi connectivity index (χ3v) is 4.55. The maximum absolute atomic E-state index is 5.57. The number of aromatic nitrogens is 1. The average molecular weight is 275 g/mol. The molecule has 0 aromatic carbocycles. The van der Waals surface area contributed by atoms with Crippen molar-refractivity contribution in [2.24, 2.45) is 0 Å². The standard InChI is InChI=1S/C16H25N3O/c1-13(10-15-12-20-9-7-18-15)19-8-3-5-16(19)14-4-2-6-17-11-14/h2,4,6,11,13,15-16,18H,3,5,7-10,12H2,1H3. The van der Waals surface area contributed by atoms with Crippen LogP contribution in [-0.2, 0) is 4.74 Å². The molecule has 1 N–H and O–H groups in total. The van der Waals surface area contributed by atoms with Crippen molar-refractivity contribution in [1.29, 1.82) is 0 Å². The highest BCUT2D eigenvalue weighted by atomic mass is 16.5. The van der Waals surface area contributed by atoms with Gasteiger partial charge in [0.25, 0.3) is 0 Å². The van der Waals surface area contributed by atoms with E-state index in [1.165, 1.54) is 24.9 Å². The fourth-order valence-corrected chi connectivity index (χ4v) is 3.57. The molecule has 2 fully saturated rings. The minimum atomic E-state index is 0.508. The fourth-order valence-electron chi connectivity index (χ4n) is 3.57. The van der Waals surface area contributed by atoms with Crippen molar-refractivity contribution >= 4 is 0 Å². The van der Waals surface area contributed by atoms with Gasteiger partial charge < -0.3 is 10.1 Å². The van der Waals surface area contributed by atoms with Gasteiger partial charge in [-0.2, -0.15) is 0 Å². The first-order valence-corrected chi connectivity index (χ1v) is 7.81. The Bertz CT molecular complexity index is 405. The van der Waals surface area contributed by atoms with Crippen molar-refractivity contribution in [3.63, 3.8) is 0 Å². The molecule has 3 rings (SSSR count). The fraction of sp³-hybridized carbons (Fsp3) is 0.688. The highest BCUT2D eigenvalue weighted by Crippen LogP contribution is 2.34. The number of rotatable bonds is 4. The highest BCUT2D eigenvalue weighted by Gasteiger charge is 2.31. The number of ether oxygens (including phenoxy) is 1. The first kappa shape index (κ1) is 14.0. The Morgan fingerprint density at radius 1 is 1.55 bits per heavy atom. The molecule has 2 saturated heterocycles. The maximum atomic E-state index is 5.57. The molecule has 2 aliphatic heterocycles. The summed E-state index contributed by atoms with van der Waals surface area (Å²) < 4.78 is 5.57. The lowest BCUT2D eigenvalue weighted by molar-refractivity contribution is 0.0602. The van der Waals surface area contributed by atoms with Crippen molar-refractivity contribution in [2.45, 2.75) is 44.3 Å². The quantitative estimate of drug-likeness (QED) is 0.912. The van der Waals surface area contributed by atoms with Crippen LogP contribution >= 0.6 is 0 Å². The molecule has 4 heteroatoms. The number of nitrogens with one attached hydrogen (secondary N) is 1. The van der Waals surface area contributed by atoms with Gasteiger partial charge in [-0.15, -0.1) is 0 Å². The Balaban J connectivity index is 1.62. The normalized spacial score (nSPS) is 29.4. The van der Waals surface area contributed by atoms with Gasteiger partial charge >= 0.3 is 0 Å². The van der Waals surface area contributed by atoms with Crippen LogP contribution in [0.15, 0.2) is 24.5 Å². The van der Waals surface area contributed by atoms with Gasteiger partial charge in [-0.3, -0.25) is 9.88 Å². The summed E-state index contributed by atoms with van der Waals surface area (Å²) in [6.45, 7) is 6.26. The number of morpholine rings is 1. The SMILES string of the molecule is CC(CC1COCCN1)N1CCCC1c1cccnc1. The zero-order valence-electron chi connectivity index (χ0n) is 12.3. The molecule has 0 aliphatic carbocycles. The molecule has 0 amide bonds. The van der Waals surface area contributed by atoms with Crippen LogP contribution in [0.25, 0.3) is 0 Å². The molecule has 2 aliphatic rings. The van der Waals surface area contributed by atoms with Crippen LogP contribution in [0.4, 0.5) is 0 Å². The van der Waals surface area contributed by atoms with Crippen LogP contribution in [0.3, 0.4) is 0 Å². The first-order chi connectivity index (χ1) is 9.84. The lowest BCUT2D eigenvalue weighted by Crippen LogP contribution is -2.45. The van der Waals surface area contributed by atoms with Crippen LogP contribution in [-0.4, -0.2) is 48.3 Å². The summed E-state index contributed by atoms with van der Waals surface area (Å²) in [7, 11) is 0. The van der Waals surface area contributed by atoms with Gasteiger partial charge in [0.1, 0.15) is 0 Å². The average Bonchev–Trinajstić information content (AvgIpc) is 2.99. The summed E-state index contributed by atoms with van der Waals surface area (Å²) in [5.74, 6) is 0. The molecule has 0 bridgehead atoms. The minimum Gasteiger partial charge on any atom is -0.379 e. The van der Waals surface area contributed by atoms with E-state index in [-0.39, 0.29) is 0 Å². The topological polar surface area (TPSA) is 37.4 Å². The van der Waals surface area contributed by atoms with Crippen LogP contribution in [0, 0.1) is 0 Å². The number of pyridine rings is 1. The molecule has 20 heavy (non-hydrogen) atoms. The van der Waals surface area contributed by atoms with E-state index >= 15 is 0 Å². The van der Waals surface area contributed by atoms with Gasteiger partial charge in [-0.1, -0.05) is 6.07 Å². The second kappa shape index (κ2) is 6.66. The third kappa shape index (κ3) is 3.19. The summed E-state index contributed by atoms with van der Waals surface area (Å²) in [5, 5.41) is 3.56. The molecule has 3 unspecified atom stereocenters. The van der Waals surface area contributed by atoms with E-state index in [2.05, 4.69) is 28.2 Å². The Morgan fingerprint density at radius 3 is 3.25 bits per heavy atom.